The van der Waals surface area contributed by atoms with Gasteiger partial charge in [-0.15, -0.1) is 0 Å². The van der Waals surface area contributed by atoms with Gasteiger partial charge in [-0.25, -0.2) is 0 Å². The number of hydrogen-bond acceptors (Lipinski definition) is 4. The Labute approximate surface area is 99.6 Å². The molecule has 4 heteroatoms. The van der Waals surface area contributed by atoms with E-state index < -0.39 is 0 Å². The molecule has 0 heterocycles. The zero-order valence-electron chi connectivity index (χ0n) is 9.12. The van der Waals surface area contributed by atoms with E-state index in [0.717, 1.165) is 5.56 Å². The third kappa shape index (κ3) is 3.87. The number of anilines is 2. The Balaban J connectivity index is 2.56. The van der Waals surface area contributed by atoms with Crippen LogP contribution in [0.25, 0.3) is 0 Å². The molecule has 0 amide bonds. The fraction of sp³-hybridized carbons (Fsp3) is 0.250. The summed E-state index contributed by atoms with van der Waals surface area (Å²) in [7, 11) is 0. The highest BCUT2D eigenvalue weighted by atomic mass is 32.2. The minimum absolute atomic E-state index is 0.116. The number of rotatable bonds is 2. The van der Waals surface area contributed by atoms with Crippen LogP contribution >= 0.6 is 11.8 Å². The fourth-order valence-electron chi connectivity index (χ4n) is 1.10. The Morgan fingerprint density at radius 3 is 2.88 bits per heavy atom. The lowest BCUT2D eigenvalue weighted by molar-refractivity contribution is -0.109. The van der Waals surface area contributed by atoms with E-state index in [1.54, 1.807) is 13.0 Å². The van der Waals surface area contributed by atoms with Gasteiger partial charge in [0.2, 0.25) is 0 Å². The number of carbonyl (C=O) groups is 1. The van der Waals surface area contributed by atoms with Gasteiger partial charge in [-0.1, -0.05) is 29.7 Å². The summed E-state index contributed by atoms with van der Waals surface area (Å²) in [5, 5.41) is 0.116. The number of carbonyl (C=O) groups excluding carboxylic acids is 1. The highest BCUT2D eigenvalue weighted by molar-refractivity contribution is 8.13. The third-order valence-electron chi connectivity index (χ3n) is 1.90. The van der Waals surface area contributed by atoms with Crippen molar-refractivity contribution in [1.29, 1.82) is 0 Å². The van der Waals surface area contributed by atoms with Gasteiger partial charge in [0, 0.05) is 24.7 Å². The second-order valence-corrected chi connectivity index (χ2v) is 4.47. The molecule has 3 nitrogen and oxygen atoms in total. The van der Waals surface area contributed by atoms with Crippen molar-refractivity contribution < 1.29 is 4.79 Å². The van der Waals surface area contributed by atoms with Gasteiger partial charge in [0.15, 0.2) is 5.12 Å². The second-order valence-electron chi connectivity index (χ2n) is 3.20. The summed E-state index contributed by atoms with van der Waals surface area (Å²) in [6, 6.07) is 5.39. The number of para-hydroxylation sites is 1. The maximum absolute atomic E-state index is 10.7. The third-order valence-corrected chi connectivity index (χ3v) is 2.71. The molecule has 1 aromatic carbocycles. The van der Waals surface area contributed by atoms with Crippen LogP contribution in [0.5, 0.6) is 0 Å². The monoisotopic (exact) mass is 234 g/mol. The molecular weight excluding hydrogens is 220 g/mol. The minimum atomic E-state index is 0.116. The van der Waals surface area contributed by atoms with E-state index in [1.165, 1.54) is 11.8 Å². The summed E-state index contributed by atoms with van der Waals surface area (Å²) in [6.07, 6.45) is 0.665. The van der Waals surface area contributed by atoms with Gasteiger partial charge in [0.05, 0.1) is 11.4 Å². The maximum atomic E-state index is 10.7. The molecule has 0 radical (unpaired) electrons. The molecule has 0 fully saturated rings. The van der Waals surface area contributed by atoms with Crippen molar-refractivity contribution in [2.75, 3.05) is 17.2 Å². The van der Waals surface area contributed by atoms with Gasteiger partial charge in [0.1, 0.15) is 0 Å². The fourth-order valence-corrected chi connectivity index (χ4v) is 1.59. The normalized spacial score (nSPS) is 9.31. The average Bonchev–Trinajstić information content (AvgIpc) is 2.23. The molecule has 1 aromatic rings. The predicted octanol–water partition coefficient (Wildman–Crippen LogP) is 1.87. The van der Waals surface area contributed by atoms with Gasteiger partial charge >= 0.3 is 0 Å². The van der Waals surface area contributed by atoms with Crippen LogP contribution in [0.4, 0.5) is 11.4 Å². The largest absolute Gasteiger partial charge is 0.397 e. The quantitative estimate of drug-likeness (QED) is 0.465. The lowest BCUT2D eigenvalue weighted by Gasteiger charge is -2.00. The van der Waals surface area contributed by atoms with Crippen molar-refractivity contribution in [3.63, 3.8) is 0 Å². The molecular formula is C12H14N2OS. The minimum Gasteiger partial charge on any atom is -0.397 e. The van der Waals surface area contributed by atoms with E-state index in [2.05, 4.69) is 11.8 Å². The van der Waals surface area contributed by atoms with Crippen LogP contribution in [0.1, 0.15) is 18.9 Å². The number of hydrogen-bond donors (Lipinski definition) is 2. The average molecular weight is 234 g/mol. The first-order chi connectivity index (χ1) is 7.61. The summed E-state index contributed by atoms with van der Waals surface area (Å²) in [5.74, 6) is 6.63. The van der Waals surface area contributed by atoms with Crippen LogP contribution in [0, 0.1) is 11.8 Å². The van der Waals surface area contributed by atoms with Crippen LogP contribution < -0.4 is 11.5 Å². The van der Waals surface area contributed by atoms with Crippen molar-refractivity contribution in [2.24, 2.45) is 0 Å². The molecule has 0 aromatic heterocycles. The topological polar surface area (TPSA) is 69.1 Å². The summed E-state index contributed by atoms with van der Waals surface area (Å²) >= 11 is 1.28. The Kier molecular flexibility index (Phi) is 4.74. The number of benzene rings is 1. The van der Waals surface area contributed by atoms with Crippen LogP contribution in [0.3, 0.4) is 0 Å². The molecule has 0 spiro atoms. The molecule has 0 saturated carbocycles. The highest BCUT2D eigenvalue weighted by Gasteiger charge is 1.97. The van der Waals surface area contributed by atoms with E-state index in [9.17, 15) is 4.79 Å². The lowest BCUT2D eigenvalue weighted by Crippen LogP contribution is -1.96. The smallest absolute Gasteiger partial charge is 0.185 e. The van der Waals surface area contributed by atoms with Crippen LogP contribution in [0.2, 0.25) is 0 Å². The molecule has 16 heavy (non-hydrogen) atoms. The van der Waals surface area contributed by atoms with Crippen molar-refractivity contribution >= 4 is 28.3 Å². The molecule has 0 saturated heterocycles. The van der Waals surface area contributed by atoms with Crippen LogP contribution in [-0.2, 0) is 4.79 Å². The van der Waals surface area contributed by atoms with Gasteiger partial charge < -0.3 is 11.5 Å². The number of nitrogen functional groups attached to an aromatic ring is 2. The molecule has 4 N–H and O–H groups in total. The molecule has 0 unspecified atom stereocenters. The van der Waals surface area contributed by atoms with Gasteiger partial charge in [-0.05, 0) is 12.1 Å². The maximum Gasteiger partial charge on any atom is 0.185 e. The van der Waals surface area contributed by atoms with Crippen molar-refractivity contribution in [3.8, 4) is 11.8 Å². The summed E-state index contributed by atoms with van der Waals surface area (Å²) < 4.78 is 0. The Morgan fingerprint density at radius 1 is 1.44 bits per heavy atom. The van der Waals surface area contributed by atoms with Gasteiger partial charge in [-0.2, -0.15) is 0 Å². The van der Waals surface area contributed by atoms with Crippen LogP contribution in [0.15, 0.2) is 18.2 Å². The molecule has 0 bridgehead atoms. The Morgan fingerprint density at radius 2 is 2.19 bits per heavy atom. The first-order valence-electron chi connectivity index (χ1n) is 4.87. The molecule has 1 rings (SSSR count). The zero-order valence-corrected chi connectivity index (χ0v) is 9.93. The predicted molar refractivity (Wildman–Crippen MR) is 69.9 cm³/mol. The van der Waals surface area contributed by atoms with Crippen molar-refractivity contribution in [1.82, 2.24) is 0 Å². The molecule has 0 atom stereocenters. The van der Waals surface area contributed by atoms with Gasteiger partial charge in [0.25, 0.3) is 0 Å². The zero-order chi connectivity index (χ0) is 12.0. The van der Waals surface area contributed by atoms with E-state index in [-0.39, 0.29) is 5.12 Å². The van der Waals surface area contributed by atoms with Crippen LogP contribution in [-0.4, -0.2) is 10.9 Å². The SMILES string of the molecule is CC(=O)SCCC#Cc1cccc(N)c1N. The first kappa shape index (κ1) is 12.5. The highest BCUT2D eigenvalue weighted by Crippen LogP contribution is 2.18. The second kappa shape index (κ2) is 6.09. The molecule has 0 aliphatic carbocycles. The Hall–Kier alpha value is -1.60. The standard InChI is InChI=1S/C12H14N2OS/c1-9(15)16-8-3-2-5-10-6-4-7-11(13)12(10)14/h4,6-7H,3,8,13-14H2,1H3. The molecule has 0 aliphatic heterocycles. The Bertz CT molecular complexity index is 446. The summed E-state index contributed by atoms with van der Waals surface area (Å²) in [6.45, 7) is 1.55. The molecule has 0 aliphatic rings. The van der Waals surface area contributed by atoms with Gasteiger partial charge in [-0.3, -0.25) is 4.79 Å². The molecule has 84 valence electrons. The lowest BCUT2D eigenvalue weighted by atomic mass is 10.1. The van der Waals surface area contributed by atoms with E-state index >= 15 is 0 Å². The van der Waals surface area contributed by atoms with E-state index in [4.69, 9.17) is 11.5 Å². The van der Waals surface area contributed by atoms with E-state index in [1.807, 2.05) is 12.1 Å². The summed E-state index contributed by atoms with van der Waals surface area (Å²) in [5.41, 5.74) is 13.2. The van der Waals surface area contributed by atoms with Crippen molar-refractivity contribution in [2.45, 2.75) is 13.3 Å². The number of thioether (sulfide) groups is 1. The first-order valence-corrected chi connectivity index (χ1v) is 5.86. The van der Waals surface area contributed by atoms with Crippen molar-refractivity contribution in [3.05, 3.63) is 23.8 Å². The van der Waals surface area contributed by atoms with E-state index in [0.29, 0.717) is 23.5 Å². The summed E-state index contributed by atoms with van der Waals surface area (Å²) in [4.78, 5) is 10.7. The number of nitrogens with two attached hydrogens (primary N) is 2.